The Balaban J connectivity index is 2.47. The van der Waals surface area contributed by atoms with E-state index in [9.17, 15) is 28.4 Å². The van der Waals surface area contributed by atoms with Gasteiger partial charge in [-0.2, -0.15) is 4.98 Å². The van der Waals surface area contributed by atoms with E-state index in [2.05, 4.69) is 9.51 Å². The Morgan fingerprint density at radius 2 is 2.08 bits per heavy atom. The Morgan fingerprint density at radius 3 is 2.56 bits per heavy atom. The van der Waals surface area contributed by atoms with Crippen molar-refractivity contribution in [3.8, 4) is 0 Å². The normalized spacial score (nSPS) is 32.9. The van der Waals surface area contributed by atoms with Gasteiger partial charge in [-0.15, -0.1) is 0 Å². The number of halogens is 2. The molecule has 0 aromatic carbocycles. The Labute approximate surface area is 138 Å². The molecule has 2 rings (SSSR count). The molecule has 0 saturated carbocycles. The Hall–Kier alpha value is -1.47. The number of nitrogens with two attached hydrogens (primary N) is 1. The molecule has 14 heteroatoms. The minimum Gasteiger partial charge on any atom is -0.387 e. The van der Waals surface area contributed by atoms with E-state index in [1.807, 2.05) is 0 Å². The van der Waals surface area contributed by atoms with E-state index in [-0.39, 0.29) is 5.82 Å². The van der Waals surface area contributed by atoms with Crippen LogP contribution in [0.4, 0.5) is 14.6 Å². The maximum absolute atomic E-state index is 13.5. The molecule has 1 aromatic heterocycles. The number of anilines is 1. The standard InChI is InChI=1S/C11H16F2N3O8P/c12-3-10(5-23-25(20,21)22)7(17)11(19,4-13)8(24-10)16-2-1-6(14)15-9(16)18/h1-2,7-8,17,19H,3-5H2,(H2,14,15,18)(H2,20,21,22)/t7-,8-,10-,11-/m1/s1. The summed E-state index contributed by atoms with van der Waals surface area (Å²) in [4.78, 5) is 32.7. The molecule has 11 nitrogen and oxygen atoms in total. The van der Waals surface area contributed by atoms with Crippen LogP contribution in [0.1, 0.15) is 6.23 Å². The number of aliphatic hydroxyl groups excluding tert-OH is 1. The number of phosphoric acid groups is 1. The first-order chi connectivity index (χ1) is 11.5. The van der Waals surface area contributed by atoms with Gasteiger partial charge in [-0.3, -0.25) is 9.09 Å². The number of phosphoric ester groups is 1. The van der Waals surface area contributed by atoms with Crippen LogP contribution in [-0.4, -0.2) is 66.8 Å². The lowest BCUT2D eigenvalue weighted by Crippen LogP contribution is -2.55. The zero-order valence-corrected chi connectivity index (χ0v) is 13.4. The van der Waals surface area contributed by atoms with Crippen molar-refractivity contribution in [1.82, 2.24) is 9.55 Å². The molecule has 0 amide bonds. The van der Waals surface area contributed by atoms with Crippen molar-refractivity contribution >= 4 is 13.6 Å². The van der Waals surface area contributed by atoms with Crippen molar-refractivity contribution in [2.24, 2.45) is 0 Å². The summed E-state index contributed by atoms with van der Waals surface area (Å²) in [5, 5.41) is 20.6. The number of nitrogens with zero attached hydrogens (tertiary/aromatic N) is 2. The molecule has 0 unspecified atom stereocenters. The molecular formula is C11H16F2N3O8P. The zero-order valence-electron chi connectivity index (χ0n) is 12.5. The molecule has 0 bridgehead atoms. The van der Waals surface area contributed by atoms with E-state index < -0.39 is 57.0 Å². The number of hydrogen-bond donors (Lipinski definition) is 5. The lowest BCUT2D eigenvalue weighted by molar-refractivity contribution is -0.140. The molecule has 1 fully saturated rings. The third kappa shape index (κ3) is 3.58. The smallest absolute Gasteiger partial charge is 0.387 e. The van der Waals surface area contributed by atoms with Crippen molar-refractivity contribution in [1.29, 1.82) is 0 Å². The second-order valence-corrected chi connectivity index (χ2v) is 6.74. The van der Waals surface area contributed by atoms with Crippen molar-refractivity contribution < 1.29 is 42.6 Å². The van der Waals surface area contributed by atoms with Crippen LogP contribution in [0, 0.1) is 0 Å². The van der Waals surface area contributed by atoms with Gasteiger partial charge in [-0.1, -0.05) is 0 Å². The maximum Gasteiger partial charge on any atom is 0.469 e. The van der Waals surface area contributed by atoms with Gasteiger partial charge in [0.05, 0.1) is 6.61 Å². The van der Waals surface area contributed by atoms with Gasteiger partial charge < -0.3 is 30.5 Å². The highest BCUT2D eigenvalue weighted by molar-refractivity contribution is 7.46. The highest BCUT2D eigenvalue weighted by Crippen LogP contribution is 2.47. The monoisotopic (exact) mass is 387 g/mol. The highest BCUT2D eigenvalue weighted by atomic mass is 31.2. The number of rotatable bonds is 6. The minimum atomic E-state index is -5.09. The van der Waals surface area contributed by atoms with E-state index in [4.69, 9.17) is 20.3 Å². The molecule has 6 N–H and O–H groups in total. The lowest BCUT2D eigenvalue weighted by Gasteiger charge is -2.31. The topological polar surface area (TPSA) is 177 Å². The molecule has 0 spiro atoms. The number of nitrogen functional groups attached to an aromatic ring is 1. The van der Waals surface area contributed by atoms with E-state index in [0.29, 0.717) is 4.57 Å². The number of aliphatic hydroxyl groups is 2. The number of alkyl halides is 2. The van der Waals surface area contributed by atoms with Gasteiger partial charge in [0.15, 0.2) is 17.4 Å². The predicted octanol–water partition coefficient (Wildman–Crippen LogP) is -1.77. The van der Waals surface area contributed by atoms with Gasteiger partial charge in [0, 0.05) is 6.20 Å². The van der Waals surface area contributed by atoms with Crippen LogP contribution < -0.4 is 11.4 Å². The molecular weight excluding hydrogens is 371 g/mol. The van der Waals surface area contributed by atoms with Crippen molar-refractivity contribution in [3.05, 3.63) is 22.7 Å². The van der Waals surface area contributed by atoms with Crippen LogP contribution in [0.5, 0.6) is 0 Å². The summed E-state index contributed by atoms with van der Waals surface area (Å²) in [6.45, 7) is -4.50. The number of ether oxygens (including phenoxy) is 1. The summed E-state index contributed by atoms with van der Waals surface area (Å²) < 4.78 is 47.6. The average Bonchev–Trinajstić information content (AvgIpc) is 2.75. The second-order valence-electron chi connectivity index (χ2n) is 5.50. The molecule has 1 aromatic rings. The fraction of sp³-hybridized carbons (Fsp3) is 0.636. The van der Waals surface area contributed by atoms with E-state index in [0.717, 1.165) is 12.3 Å². The third-order valence-corrected chi connectivity index (χ3v) is 4.23. The van der Waals surface area contributed by atoms with Crippen LogP contribution in [0.25, 0.3) is 0 Å². The van der Waals surface area contributed by atoms with Crippen LogP contribution in [0.15, 0.2) is 17.1 Å². The first-order valence-electron chi connectivity index (χ1n) is 6.74. The van der Waals surface area contributed by atoms with Gasteiger partial charge in [0.2, 0.25) is 0 Å². The molecule has 0 aliphatic carbocycles. The Morgan fingerprint density at radius 1 is 1.44 bits per heavy atom. The first kappa shape index (κ1) is 19.8. The molecule has 4 atom stereocenters. The zero-order chi connectivity index (χ0) is 19.0. The molecule has 1 saturated heterocycles. The van der Waals surface area contributed by atoms with Crippen LogP contribution >= 0.6 is 7.82 Å². The first-order valence-corrected chi connectivity index (χ1v) is 8.27. The van der Waals surface area contributed by atoms with Gasteiger partial charge in [-0.25, -0.2) is 18.1 Å². The molecule has 0 radical (unpaired) electrons. The second kappa shape index (κ2) is 6.68. The van der Waals surface area contributed by atoms with E-state index in [1.54, 1.807) is 0 Å². The molecule has 1 aliphatic heterocycles. The summed E-state index contributed by atoms with van der Waals surface area (Å²) in [6.07, 6.45) is -3.30. The Bertz CT molecular complexity index is 744. The summed E-state index contributed by atoms with van der Waals surface area (Å²) in [5.41, 5.74) is -1.13. The van der Waals surface area contributed by atoms with Gasteiger partial charge in [-0.05, 0) is 6.07 Å². The van der Waals surface area contributed by atoms with Crippen molar-refractivity contribution in [2.45, 2.75) is 23.5 Å². The fourth-order valence-electron chi connectivity index (χ4n) is 2.47. The molecule has 142 valence electrons. The van der Waals surface area contributed by atoms with Crippen molar-refractivity contribution in [3.63, 3.8) is 0 Å². The van der Waals surface area contributed by atoms with Crippen LogP contribution in [0.2, 0.25) is 0 Å². The SMILES string of the molecule is Nc1ccn([C@@H]2O[C@](CF)(COP(=O)(O)O)[C@@H](O)[C@]2(O)CF)c(=O)n1. The summed E-state index contributed by atoms with van der Waals surface area (Å²) in [6, 6.07) is 1.11. The largest absolute Gasteiger partial charge is 0.469 e. The summed E-state index contributed by atoms with van der Waals surface area (Å²) in [7, 11) is -5.09. The van der Waals surface area contributed by atoms with Crippen molar-refractivity contribution in [2.75, 3.05) is 25.7 Å². The highest BCUT2D eigenvalue weighted by Gasteiger charge is 2.65. The number of aromatic nitrogens is 2. The van der Waals surface area contributed by atoms with E-state index >= 15 is 0 Å². The maximum atomic E-state index is 13.5. The van der Waals surface area contributed by atoms with Crippen LogP contribution in [-0.2, 0) is 13.8 Å². The molecule has 2 heterocycles. The van der Waals surface area contributed by atoms with Crippen LogP contribution in [0.3, 0.4) is 0 Å². The Kier molecular flexibility index (Phi) is 5.31. The molecule has 1 aliphatic rings. The molecule has 25 heavy (non-hydrogen) atoms. The fourth-order valence-corrected chi connectivity index (χ4v) is 2.86. The summed E-state index contributed by atoms with van der Waals surface area (Å²) >= 11 is 0. The quantitative estimate of drug-likeness (QED) is 0.351. The van der Waals surface area contributed by atoms with Gasteiger partial charge >= 0.3 is 13.5 Å². The minimum absolute atomic E-state index is 0.190. The predicted molar refractivity (Wildman–Crippen MR) is 76.7 cm³/mol. The summed E-state index contributed by atoms with van der Waals surface area (Å²) in [5.74, 6) is -0.190. The lowest BCUT2D eigenvalue weighted by atomic mass is 9.88. The third-order valence-electron chi connectivity index (χ3n) is 3.77. The van der Waals surface area contributed by atoms with Gasteiger partial charge in [0.1, 0.15) is 25.3 Å². The van der Waals surface area contributed by atoms with E-state index in [1.165, 1.54) is 0 Å². The average molecular weight is 387 g/mol. The van der Waals surface area contributed by atoms with Gasteiger partial charge in [0.25, 0.3) is 0 Å². The number of hydrogen-bond acceptors (Lipinski definition) is 8.